The fourth-order valence-electron chi connectivity index (χ4n) is 2.57. The summed E-state index contributed by atoms with van der Waals surface area (Å²) in [5.41, 5.74) is -0.0133. The third-order valence-corrected chi connectivity index (χ3v) is 3.83. The molecule has 0 aliphatic heterocycles. The largest absolute Gasteiger partial charge is 0.365 e. The highest BCUT2D eigenvalue weighted by atomic mass is 16.1. The Bertz CT molecular complexity index is 427. The summed E-state index contributed by atoms with van der Waals surface area (Å²) in [7, 11) is 0. The van der Waals surface area contributed by atoms with Gasteiger partial charge < -0.3 is 9.88 Å². The molecule has 2 unspecified atom stereocenters. The van der Waals surface area contributed by atoms with Crippen LogP contribution in [0.15, 0.2) is 17.2 Å². The third-order valence-electron chi connectivity index (χ3n) is 3.83. The van der Waals surface area contributed by atoms with Crippen LogP contribution in [0.25, 0.3) is 0 Å². The maximum Gasteiger partial charge on any atom is 0.293 e. The van der Waals surface area contributed by atoms with Crippen LogP contribution in [0.5, 0.6) is 0 Å². The van der Waals surface area contributed by atoms with E-state index in [1.165, 1.54) is 19.3 Å². The molecule has 1 heterocycles. The third kappa shape index (κ3) is 2.68. The quantitative estimate of drug-likeness (QED) is 0.869. The number of aryl methyl sites for hydroxylation is 1. The molecule has 4 heteroatoms. The molecule has 1 aliphatic carbocycles. The van der Waals surface area contributed by atoms with E-state index in [1.54, 1.807) is 17.0 Å². The minimum Gasteiger partial charge on any atom is -0.365 e. The summed E-state index contributed by atoms with van der Waals surface area (Å²) >= 11 is 0. The summed E-state index contributed by atoms with van der Waals surface area (Å²) in [5, 5.41) is 3.22. The van der Waals surface area contributed by atoms with Crippen LogP contribution in [-0.2, 0) is 6.54 Å². The predicted octanol–water partition coefficient (Wildman–Crippen LogP) is 2.11. The van der Waals surface area contributed by atoms with Gasteiger partial charge in [0, 0.05) is 25.5 Å². The van der Waals surface area contributed by atoms with Gasteiger partial charge in [-0.05, 0) is 25.2 Å². The van der Waals surface area contributed by atoms with Crippen LogP contribution in [0.3, 0.4) is 0 Å². The van der Waals surface area contributed by atoms with E-state index >= 15 is 0 Å². The number of anilines is 1. The van der Waals surface area contributed by atoms with Crippen LogP contribution in [0.2, 0.25) is 0 Å². The summed E-state index contributed by atoms with van der Waals surface area (Å²) in [6.45, 7) is 5.82. The molecule has 2 rings (SSSR count). The first-order chi connectivity index (χ1) is 8.22. The van der Waals surface area contributed by atoms with Gasteiger partial charge in [0.15, 0.2) is 5.82 Å². The Morgan fingerprint density at radius 3 is 3.00 bits per heavy atom. The molecule has 0 bridgehead atoms. The first kappa shape index (κ1) is 12.1. The molecule has 0 radical (unpaired) electrons. The van der Waals surface area contributed by atoms with Gasteiger partial charge in [-0.15, -0.1) is 0 Å². The van der Waals surface area contributed by atoms with E-state index in [0.29, 0.717) is 18.3 Å². The lowest BCUT2D eigenvalue weighted by Crippen LogP contribution is -2.26. The van der Waals surface area contributed by atoms with E-state index < -0.39 is 0 Å². The van der Waals surface area contributed by atoms with E-state index in [0.717, 1.165) is 12.5 Å². The number of aromatic nitrogens is 2. The normalized spacial score (nSPS) is 23.9. The molecule has 1 aliphatic rings. The average Bonchev–Trinajstić information content (AvgIpc) is 2.74. The van der Waals surface area contributed by atoms with Gasteiger partial charge in [-0.25, -0.2) is 4.98 Å². The standard InChI is InChI=1S/C13H21N3O/c1-3-16-8-7-14-12(13(16)17)15-9-11-6-4-5-10(11)2/h7-8,10-11H,3-6,9H2,1-2H3,(H,14,15). The number of rotatable bonds is 4. The van der Waals surface area contributed by atoms with Gasteiger partial charge in [0.2, 0.25) is 0 Å². The van der Waals surface area contributed by atoms with Gasteiger partial charge in [0.05, 0.1) is 0 Å². The van der Waals surface area contributed by atoms with E-state index in [9.17, 15) is 4.79 Å². The molecular weight excluding hydrogens is 214 g/mol. The van der Waals surface area contributed by atoms with Gasteiger partial charge in [0.25, 0.3) is 5.56 Å². The molecule has 1 aromatic rings. The van der Waals surface area contributed by atoms with Gasteiger partial charge in [-0.2, -0.15) is 0 Å². The average molecular weight is 235 g/mol. The lowest BCUT2D eigenvalue weighted by molar-refractivity contribution is 0.439. The molecule has 1 fully saturated rings. The Kier molecular flexibility index (Phi) is 3.82. The van der Waals surface area contributed by atoms with Crippen molar-refractivity contribution in [2.24, 2.45) is 11.8 Å². The summed E-state index contributed by atoms with van der Waals surface area (Å²) in [4.78, 5) is 16.1. The molecule has 0 amide bonds. The zero-order valence-electron chi connectivity index (χ0n) is 10.6. The van der Waals surface area contributed by atoms with Crippen LogP contribution in [0.1, 0.15) is 33.1 Å². The SMILES string of the molecule is CCn1ccnc(NCC2CCCC2C)c1=O. The Morgan fingerprint density at radius 1 is 1.53 bits per heavy atom. The molecule has 94 valence electrons. The van der Waals surface area contributed by atoms with Gasteiger partial charge in [-0.1, -0.05) is 19.8 Å². The van der Waals surface area contributed by atoms with Crippen molar-refractivity contribution >= 4 is 5.82 Å². The van der Waals surface area contributed by atoms with Gasteiger partial charge >= 0.3 is 0 Å². The molecule has 1 aromatic heterocycles. The Balaban J connectivity index is 2.01. The van der Waals surface area contributed by atoms with Crippen molar-refractivity contribution in [3.05, 3.63) is 22.7 Å². The summed E-state index contributed by atoms with van der Waals surface area (Å²) in [6.07, 6.45) is 7.31. The first-order valence-electron chi connectivity index (χ1n) is 6.51. The second-order valence-corrected chi connectivity index (χ2v) is 4.92. The van der Waals surface area contributed by atoms with Gasteiger partial charge in [-0.3, -0.25) is 4.79 Å². The van der Waals surface area contributed by atoms with Crippen molar-refractivity contribution in [2.75, 3.05) is 11.9 Å². The highest BCUT2D eigenvalue weighted by Gasteiger charge is 2.23. The smallest absolute Gasteiger partial charge is 0.293 e. The van der Waals surface area contributed by atoms with E-state index in [2.05, 4.69) is 17.2 Å². The van der Waals surface area contributed by atoms with Crippen LogP contribution in [0, 0.1) is 11.8 Å². The summed E-state index contributed by atoms with van der Waals surface area (Å²) < 4.78 is 1.67. The fraction of sp³-hybridized carbons (Fsp3) is 0.692. The highest BCUT2D eigenvalue weighted by Crippen LogP contribution is 2.30. The highest BCUT2D eigenvalue weighted by molar-refractivity contribution is 5.30. The minimum atomic E-state index is -0.0133. The number of nitrogens with one attached hydrogen (secondary N) is 1. The molecule has 1 N–H and O–H groups in total. The number of hydrogen-bond donors (Lipinski definition) is 1. The van der Waals surface area contributed by atoms with Crippen molar-refractivity contribution in [1.82, 2.24) is 9.55 Å². The van der Waals surface area contributed by atoms with E-state index in [-0.39, 0.29) is 5.56 Å². The Hall–Kier alpha value is -1.32. The van der Waals surface area contributed by atoms with Crippen molar-refractivity contribution < 1.29 is 0 Å². The minimum absolute atomic E-state index is 0.0133. The monoisotopic (exact) mass is 235 g/mol. The van der Waals surface area contributed by atoms with Crippen LogP contribution in [-0.4, -0.2) is 16.1 Å². The van der Waals surface area contributed by atoms with E-state index in [4.69, 9.17) is 0 Å². The van der Waals surface area contributed by atoms with Gasteiger partial charge in [0.1, 0.15) is 0 Å². The second kappa shape index (κ2) is 5.34. The second-order valence-electron chi connectivity index (χ2n) is 4.92. The predicted molar refractivity (Wildman–Crippen MR) is 69.2 cm³/mol. The Morgan fingerprint density at radius 2 is 2.35 bits per heavy atom. The number of nitrogens with zero attached hydrogens (tertiary/aromatic N) is 2. The maximum atomic E-state index is 11.9. The van der Waals surface area contributed by atoms with Crippen molar-refractivity contribution in [3.63, 3.8) is 0 Å². The molecule has 17 heavy (non-hydrogen) atoms. The van der Waals surface area contributed by atoms with Crippen LogP contribution >= 0.6 is 0 Å². The molecule has 2 atom stereocenters. The van der Waals surface area contributed by atoms with E-state index in [1.807, 2.05) is 6.92 Å². The zero-order chi connectivity index (χ0) is 12.3. The fourth-order valence-corrected chi connectivity index (χ4v) is 2.57. The molecule has 1 saturated carbocycles. The molecule has 0 saturated heterocycles. The summed E-state index contributed by atoms with van der Waals surface area (Å²) in [6, 6.07) is 0. The van der Waals surface area contributed by atoms with Crippen molar-refractivity contribution in [2.45, 2.75) is 39.7 Å². The maximum absolute atomic E-state index is 11.9. The molecule has 4 nitrogen and oxygen atoms in total. The first-order valence-corrected chi connectivity index (χ1v) is 6.51. The summed E-state index contributed by atoms with van der Waals surface area (Å²) in [5.74, 6) is 1.94. The molecule has 0 spiro atoms. The van der Waals surface area contributed by atoms with Crippen molar-refractivity contribution in [3.8, 4) is 0 Å². The topological polar surface area (TPSA) is 46.9 Å². The van der Waals surface area contributed by atoms with Crippen molar-refractivity contribution in [1.29, 1.82) is 0 Å². The van der Waals surface area contributed by atoms with Crippen LogP contribution in [0.4, 0.5) is 5.82 Å². The lowest BCUT2D eigenvalue weighted by atomic mass is 9.98. The molecule has 0 aromatic carbocycles. The molecular formula is C13H21N3O. The zero-order valence-corrected chi connectivity index (χ0v) is 10.6. The Labute approximate surface area is 102 Å². The lowest BCUT2D eigenvalue weighted by Gasteiger charge is -2.16. The van der Waals surface area contributed by atoms with Crippen LogP contribution < -0.4 is 10.9 Å². The number of hydrogen-bond acceptors (Lipinski definition) is 3.